The van der Waals surface area contributed by atoms with Gasteiger partial charge in [0.25, 0.3) is 0 Å². The van der Waals surface area contributed by atoms with Crippen LogP contribution in [0.4, 0.5) is 5.69 Å². The van der Waals surface area contributed by atoms with Gasteiger partial charge in [0, 0.05) is 11.8 Å². The van der Waals surface area contributed by atoms with Crippen molar-refractivity contribution in [2.24, 2.45) is 0 Å². The Morgan fingerprint density at radius 2 is 2.00 bits per heavy atom. The van der Waals surface area contributed by atoms with Gasteiger partial charge >= 0.3 is 0 Å². The summed E-state index contributed by atoms with van der Waals surface area (Å²) >= 11 is 0. The van der Waals surface area contributed by atoms with Gasteiger partial charge in [0.2, 0.25) is 5.88 Å². The Hall–Kier alpha value is -2.54. The molecular formula is C14H13N3O. The van der Waals surface area contributed by atoms with Crippen LogP contribution in [-0.2, 0) is 6.54 Å². The second-order valence-corrected chi connectivity index (χ2v) is 3.71. The number of benzene rings is 1. The Morgan fingerprint density at radius 3 is 2.67 bits per heavy atom. The number of pyridine rings is 1. The zero-order chi connectivity index (χ0) is 12.8. The summed E-state index contributed by atoms with van der Waals surface area (Å²) < 4.78 is 5.06. The molecule has 0 unspecified atom stereocenters. The standard InChI is InChI=1S/C14H13N3O/c1-18-14-4-2-3-13(17-14)10-16-12-7-5-11(9-15)6-8-12/h2-8,16H,10H2,1H3. The van der Waals surface area contributed by atoms with Gasteiger partial charge in [0.1, 0.15) is 0 Å². The maximum Gasteiger partial charge on any atom is 0.213 e. The van der Waals surface area contributed by atoms with Crippen molar-refractivity contribution in [1.82, 2.24) is 4.98 Å². The van der Waals surface area contributed by atoms with Gasteiger partial charge in [-0.3, -0.25) is 0 Å². The summed E-state index contributed by atoms with van der Waals surface area (Å²) in [6.45, 7) is 0.614. The molecule has 0 saturated heterocycles. The summed E-state index contributed by atoms with van der Waals surface area (Å²) in [5.41, 5.74) is 2.51. The topological polar surface area (TPSA) is 57.9 Å². The predicted octanol–water partition coefficient (Wildman–Crippen LogP) is 2.57. The molecule has 4 nitrogen and oxygen atoms in total. The van der Waals surface area contributed by atoms with Crippen LogP contribution in [-0.4, -0.2) is 12.1 Å². The Morgan fingerprint density at radius 1 is 1.22 bits per heavy atom. The van der Waals surface area contributed by atoms with E-state index < -0.39 is 0 Å². The Labute approximate surface area is 106 Å². The van der Waals surface area contributed by atoms with Crippen LogP contribution in [0.3, 0.4) is 0 Å². The van der Waals surface area contributed by atoms with Crippen molar-refractivity contribution in [3.8, 4) is 11.9 Å². The SMILES string of the molecule is COc1cccc(CNc2ccc(C#N)cc2)n1. The first-order chi connectivity index (χ1) is 8.81. The fourth-order valence-corrected chi connectivity index (χ4v) is 1.52. The van der Waals surface area contributed by atoms with E-state index in [0.29, 0.717) is 18.0 Å². The summed E-state index contributed by atoms with van der Waals surface area (Å²) in [4.78, 5) is 4.30. The van der Waals surface area contributed by atoms with E-state index in [1.165, 1.54) is 0 Å². The first-order valence-electron chi connectivity index (χ1n) is 5.56. The summed E-state index contributed by atoms with van der Waals surface area (Å²) in [7, 11) is 1.60. The third-order valence-electron chi connectivity index (χ3n) is 2.48. The van der Waals surface area contributed by atoms with Gasteiger partial charge in [0.15, 0.2) is 0 Å². The molecule has 0 bridgehead atoms. The van der Waals surface area contributed by atoms with Crippen LogP contribution < -0.4 is 10.1 Å². The molecule has 90 valence electrons. The summed E-state index contributed by atoms with van der Waals surface area (Å²) in [5, 5.41) is 11.9. The van der Waals surface area contributed by atoms with Crippen LogP contribution in [0.5, 0.6) is 5.88 Å². The summed E-state index contributed by atoms with van der Waals surface area (Å²) in [5.74, 6) is 0.606. The molecule has 1 heterocycles. The second kappa shape index (κ2) is 5.69. The molecule has 18 heavy (non-hydrogen) atoms. The monoisotopic (exact) mass is 239 g/mol. The number of hydrogen-bond acceptors (Lipinski definition) is 4. The predicted molar refractivity (Wildman–Crippen MR) is 69.3 cm³/mol. The Bertz CT molecular complexity index is 558. The normalized spacial score (nSPS) is 9.56. The van der Waals surface area contributed by atoms with Crippen molar-refractivity contribution in [3.63, 3.8) is 0 Å². The first kappa shape index (κ1) is 11.9. The van der Waals surface area contributed by atoms with Crippen LogP contribution in [0.15, 0.2) is 42.5 Å². The van der Waals surface area contributed by atoms with Crippen molar-refractivity contribution in [1.29, 1.82) is 5.26 Å². The average molecular weight is 239 g/mol. The lowest BCUT2D eigenvalue weighted by Crippen LogP contribution is -2.02. The van der Waals surface area contributed by atoms with Gasteiger partial charge in [-0.05, 0) is 30.3 Å². The van der Waals surface area contributed by atoms with Crippen molar-refractivity contribution < 1.29 is 4.74 Å². The van der Waals surface area contributed by atoms with E-state index in [1.54, 1.807) is 19.2 Å². The molecule has 2 rings (SSSR count). The van der Waals surface area contributed by atoms with Crippen LogP contribution in [0, 0.1) is 11.3 Å². The van der Waals surface area contributed by atoms with Gasteiger partial charge in [0.05, 0.1) is 31.0 Å². The molecule has 0 radical (unpaired) electrons. The largest absolute Gasteiger partial charge is 0.481 e. The van der Waals surface area contributed by atoms with Crippen molar-refractivity contribution in [2.45, 2.75) is 6.54 Å². The fraction of sp³-hybridized carbons (Fsp3) is 0.143. The van der Waals surface area contributed by atoms with Crippen molar-refractivity contribution in [3.05, 3.63) is 53.7 Å². The molecule has 2 aromatic rings. The smallest absolute Gasteiger partial charge is 0.213 e. The zero-order valence-corrected chi connectivity index (χ0v) is 10.1. The van der Waals surface area contributed by atoms with E-state index in [2.05, 4.69) is 16.4 Å². The number of hydrogen-bond donors (Lipinski definition) is 1. The van der Waals surface area contributed by atoms with Gasteiger partial charge in [-0.2, -0.15) is 5.26 Å². The highest BCUT2D eigenvalue weighted by atomic mass is 16.5. The third-order valence-corrected chi connectivity index (χ3v) is 2.48. The zero-order valence-electron chi connectivity index (χ0n) is 10.1. The van der Waals surface area contributed by atoms with Gasteiger partial charge in [-0.25, -0.2) is 4.98 Å². The molecule has 0 amide bonds. The minimum absolute atomic E-state index is 0.606. The van der Waals surface area contributed by atoms with Gasteiger partial charge in [-0.1, -0.05) is 6.07 Å². The lowest BCUT2D eigenvalue weighted by atomic mass is 10.2. The van der Waals surface area contributed by atoms with Crippen LogP contribution >= 0.6 is 0 Å². The van der Waals surface area contributed by atoms with Crippen LogP contribution in [0.2, 0.25) is 0 Å². The molecule has 1 aromatic carbocycles. The highest BCUT2D eigenvalue weighted by Crippen LogP contribution is 2.11. The first-order valence-corrected chi connectivity index (χ1v) is 5.56. The molecule has 4 heteroatoms. The number of nitrogens with one attached hydrogen (secondary N) is 1. The Kier molecular flexibility index (Phi) is 3.77. The highest BCUT2D eigenvalue weighted by molar-refractivity contribution is 5.47. The molecular weight excluding hydrogens is 226 g/mol. The van der Waals surface area contributed by atoms with Crippen molar-refractivity contribution >= 4 is 5.69 Å². The van der Waals surface area contributed by atoms with Crippen molar-refractivity contribution in [2.75, 3.05) is 12.4 Å². The van der Waals surface area contributed by atoms with Gasteiger partial charge < -0.3 is 10.1 Å². The van der Waals surface area contributed by atoms with Crippen LogP contribution in [0.25, 0.3) is 0 Å². The second-order valence-electron chi connectivity index (χ2n) is 3.71. The third kappa shape index (κ3) is 2.98. The minimum atomic E-state index is 0.606. The lowest BCUT2D eigenvalue weighted by Gasteiger charge is -2.07. The molecule has 1 aromatic heterocycles. The maximum atomic E-state index is 8.70. The number of ether oxygens (including phenoxy) is 1. The number of rotatable bonds is 4. The molecule has 0 atom stereocenters. The van der Waals surface area contributed by atoms with E-state index in [-0.39, 0.29) is 0 Å². The molecule has 0 aliphatic rings. The van der Waals surface area contributed by atoms with E-state index in [1.807, 2.05) is 30.3 Å². The average Bonchev–Trinajstić information content (AvgIpc) is 2.46. The minimum Gasteiger partial charge on any atom is -0.481 e. The molecule has 0 spiro atoms. The number of nitrogens with zero attached hydrogens (tertiary/aromatic N) is 2. The fourth-order valence-electron chi connectivity index (χ4n) is 1.52. The lowest BCUT2D eigenvalue weighted by molar-refractivity contribution is 0.396. The maximum absolute atomic E-state index is 8.70. The van der Waals surface area contributed by atoms with E-state index >= 15 is 0 Å². The number of nitriles is 1. The Balaban J connectivity index is 2.00. The van der Waals surface area contributed by atoms with E-state index in [4.69, 9.17) is 10.00 Å². The molecule has 1 N–H and O–H groups in total. The molecule has 0 fully saturated rings. The van der Waals surface area contributed by atoms with Crippen LogP contribution in [0.1, 0.15) is 11.3 Å². The number of anilines is 1. The number of aromatic nitrogens is 1. The molecule has 0 saturated carbocycles. The number of methoxy groups -OCH3 is 1. The highest BCUT2D eigenvalue weighted by Gasteiger charge is 1.98. The summed E-state index contributed by atoms with van der Waals surface area (Å²) in [6, 6.07) is 15.0. The summed E-state index contributed by atoms with van der Waals surface area (Å²) in [6.07, 6.45) is 0. The quantitative estimate of drug-likeness (QED) is 0.890. The van der Waals surface area contributed by atoms with E-state index in [0.717, 1.165) is 11.4 Å². The van der Waals surface area contributed by atoms with Gasteiger partial charge in [-0.15, -0.1) is 0 Å². The molecule has 0 aliphatic heterocycles. The van der Waals surface area contributed by atoms with E-state index in [9.17, 15) is 0 Å². The molecule has 0 aliphatic carbocycles.